The van der Waals surface area contributed by atoms with Gasteiger partial charge in [-0.3, -0.25) is 9.59 Å². The maximum Gasteiger partial charge on any atom is 0.261 e. The van der Waals surface area contributed by atoms with E-state index < -0.39 is 12.1 Å². The van der Waals surface area contributed by atoms with Crippen LogP contribution in [0.5, 0.6) is 5.75 Å². The SMILES string of the molecule is CCNC(=O)C(C)NC(=O)C(C)Oc1ccc(Cl)cc1. The van der Waals surface area contributed by atoms with Crippen molar-refractivity contribution in [3.05, 3.63) is 29.3 Å². The van der Waals surface area contributed by atoms with Gasteiger partial charge in [0.2, 0.25) is 5.91 Å². The molecule has 1 rings (SSSR count). The zero-order valence-corrected chi connectivity index (χ0v) is 12.5. The van der Waals surface area contributed by atoms with Crippen LogP contribution in [0.25, 0.3) is 0 Å². The van der Waals surface area contributed by atoms with E-state index in [1.165, 1.54) is 0 Å². The molecule has 0 spiro atoms. The molecule has 1 aromatic carbocycles. The fourth-order valence-electron chi connectivity index (χ4n) is 1.49. The molecule has 0 fully saturated rings. The highest BCUT2D eigenvalue weighted by Crippen LogP contribution is 2.16. The number of benzene rings is 1. The standard InChI is InChI=1S/C14H19ClN2O3/c1-4-16-13(18)9(2)17-14(19)10(3)20-12-7-5-11(15)6-8-12/h5-10H,4H2,1-3H3,(H,16,18)(H,17,19). The Kier molecular flexibility index (Phi) is 6.31. The molecule has 0 radical (unpaired) electrons. The van der Waals surface area contributed by atoms with Gasteiger partial charge in [-0.25, -0.2) is 0 Å². The first-order chi connectivity index (χ1) is 9.43. The number of hydrogen-bond donors (Lipinski definition) is 2. The number of halogens is 1. The van der Waals surface area contributed by atoms with E-state index in [1.54, 1.807) is 38.1 Å². The minimum atomic E-state index is -0.701. The predicted molar refractivity (Wildman–Crippen MR) is 77.8 cm³/mol. The molecule has 5 nitrogen and oxygen atoms in total. The summed E-state index contributed by atoms with van der Waals surface area (Å²) in [6.07, 6.45) is -0.701. The molecule has 0 bridgehead atoms. The lowest BCUT2D eigenvalue weighted by Gasteiger charge is -2.18. The summed E-state index contributed by atoms with van der Waals surface area (Å²) in [4.78, 5) is 23.4. The van der Waals surface area contributed by atoms with E-state index >= 15 is 0 Å². The van der Waals surface area contributed by atoms with Crippen LogP contribution >= 0.6 is 11.6 Å². The molecule has 0 aliphatic rings. The van der Waals surface area contributed by atoms with Crippen LogP contribution in [-0.4, -0.2) is 30.5 Å². The molecule has 1 aromatic rings. The van der Waals surface area contributed by atoms with Gasteiger partial charge >= 0.3 is 0 Å². The lowest BCUT2D eigenvalue weighted by atomic mass is 10.2. The highest BCUT2D eigenvalue weighted by Gasteiger charge is 2.20. The first-order valence-corrected chi connectivity index (χ1v) is 6.82. The molecule has 0 aliphatic carbocycles. The summed E-state index contributed by atoms with van der Waals surface area (Å²) in [5.74, 6) is -0.0269. The number of likely N-dealkylation sites (N-methyl/N-ethyl adjacent to an activating group) is 1. The summed E-state index contributed by atoms with van der Waals surface area (Å²) in [6, 6.07) is 6.12. The summed E-state index contributed by atoms with van der Waals surface area (Å²) in [7, 11) is 0. The van der Waals surface area contributed by atoms with Crippen LogP contribution in [-0.2, 0) is 9.59 Å². The minimum absolute atomic E-state index is 0.223. The lowest BCUT2D eigenvalue weighted by Crippen LogP contribution is -2.48. The lowest BCUT2D eigenvalue weighted by molar-refractivity contribution is -0.132. The van der Waals surface area contributed by atoms with E-state index in [-0.39, 0.29) is 11.8 Å². The first-order valence-electron chi connectivity index (χ1n) is 6.44. The Morgan fingerprint density at radius 3 is 2.35 bits per heavy atom. The molecule has 2 atom stereocenters. The zero-order valence-electron chi connectivity index (χ0n) is 11.8. The van der Waals surface area contributed by atoms with Gasteiger partial charge in [0.1, 0.15) is 11.8 Å². The second-order valence-electron chi connectivity index (χ2n) is 4.34. The molecule has 0 aliphatic heterocycles. The second kappa shape index (κ2) is 7.75. The molecule has 0 saturated carbocycles. The average molecular weight is 299 g/mol. The van der Waals surface area contributed by atoms with E-state index in [0.29, 0.717) is 17.3 Å². The monoisotopic (exact) mass is 298 g/mol. The van der Waals surface area contributed by atoms with Crippen molar-refractivity contribution in [2.45, 2.75) is 32.9 Å². The van der Waals surface area contributed by atoms with Crippen molar-refractivity contribution in [2.75, 3.05) is 6.54 Å². The summed E-state index contributed by atoms with van der Waals surface area (Å²) >= 11 is 5.76. The van der Waals surface area contributed by atoms with Gasteiger partial charge in [-0.05, 0) is 45.0 Å². The largest absolute Gasteiger partial charge is 0.481 e. The van der Waals surface area contributed by atoms with Crippen molar-refractivity contribution < 1.29 is 14.3 Å². The number of carbonyl (C=O) groups excluding carboxylic acids is 2. The number of hydrogen-bond acceptors (Lipinski definition) is 3. The Morgan fingerprint density at radius 2 is 1.80 bits per heavy atom. The van der Waals surface area contributed by atoms with E-state index in [1.807, 2.05) is 6.92 Å². The maximum absolute atomic E-state index is 11.9. The van der Waals surface area contributed by atoms with Crippen molar-refractivity contribution in [1.82, 2.24) is 10.6 Å². The van der Waals surface area contributed by atoms with Crippen molar-refractivity contribution >= 4 is 23.4 Å². The topological polar surface area (TPSA) is 67.4 Å². The third-order valence-electron chi connectivity index (χ3n) is 2.60. The summed E-state index contributed by atoms with van der Waals surface area (Å²) < 4.78 is 5.47. The molecular formula is C14H19ClN2O3. The molecule has 0 aromatic heterocycles. The maximum atomic E-state index is 11.9. The van der Waals surface area contributed by atoms with Gasteiger partial charge in [0, 0.05) is 11.6 Å². The summed E-state index contributed by atoms with van der Waals surface area (Å²) in [5.41, 5.74) is 0. The number of nitrogens with one attached hydrogen (secondary N) is 2. The van der Waals surface area contributed by atoms with Gasteiger partial charge in [-0.2, -0.15) is 0 Å². The van der Waals surface area contributed by atoms with Gasteiger partial charge in [0.25, 0.3) is 5.91 Å². The van der Waals surface area contributed by atoms with Crippen LogP contribution < -0.4 is 15.4 Å². The van der Waals surface area contributed by atoms with Crippen LogP contribution in [0, 0.1) is 0 Å². The number of carbonyl (C=O) groups is 2. The number of ether oxygens (including phenoxy) is 1. The normalized spacial score (nSPS) is 13.2. The smallest absolute Gasteiger partial charge is 0.261 e. The third-order valence-corrected chi connectivity index (χ3v) is 2.85. The Hall–Kier alpha value is -1.75. The van der Waals surface area contributed by atoms with Crippen LogP contribution in [0.2, 0.25) is 5.02 Å². The number of rotatable bonds is 6. The predicted octanol–water partition coefficient (Wildman–Crippen LogP) is 1.75. The third kappa shape index (κ3) is 5.09. The average Bonchev–Trinajstić information content (AvgIpc) is 2.41. The van der Waals surface area contributed by atoms with Gasteiger partial charge in [-0.15, -0.1) is 0 Å². The van der Waals surface area contributed by atoms with Crippen LogP contribution in [0.1, 0.15) is 20.8 Å². The highest BCUT2D eigenvalue weighted by molar-refractivity contribution is 6.30. The fourth-order valence-corrected chi connectivity index (χ4v) is 1.62. The molecular weight excluding hydrogens is 280 g/mol. The molecule has 20 heavy (non-hydrogen) atoms. The molecule has 6 heteroatoms. The van der Waals surface area contributed by atoms with E-state index in [0.717, 1.165) is 0 Å². The fraction of sp³-hybridized carbons (Fsp3) is 0.429. The van der Waals surface area contributed by atoms with Crippen LogP contribution in [0.3, 0.4) is 0 Å². The van der Waals surface area contributed by atoms with Crippen LogP contribution in [0.15, 0.2) is 24.3 Å². The Morgan fingerprint density at radius 1 is 1.20 bits per heavy atom. The van der Waals surface area contributed by atoms with Crippen molar-refractivity contribution in [3.8, 4) is 5.75 Å². The van der Waals surface area contributed by atoms with Gasteiger partial charge in [0.05, 0.1) is 0 Å². The van der Waals surface area contributed by atoms with Crippen molar-refractivity contribution in [1.29, 1.82) is 0 Å². The van der Waals surface area contributed by atoms with Crippen molar-refractivity contribution in [3.63, 3.8) is 0 Å². The van der Waals surface area contributed by atoms with Gasteiger partial charge in [-0.1, -0.05) is 11.6 Å². The Labute approximate surface area is 123 Å². The highest BCUT2D eigenvalue weighted by atomic mass is 35.5. The van der Waals surface area contributed by atoms with Gasteiger partial charge < -0.3 is 15.4 Å². The molecule has 0 saturated heterocycles. The quantitative estimate of drug-likeness (QED) is 0.841. The van der Waals surface area contributed by atoms with E-state index in [9.17, 15) is 9.59 Å². The Balaban J connectivity index is 2.50. The number of amides is 2. The van der Waals surface area contributed by atoms with E-state index in [4.69, 9.17) is 16.3 Å². The molecule has 2 N–H and O–H groups in total. The molecule has 2 unspecified atom stereocenters. The summed E-state index contributed by atoms with van der Waals surface area (Å²) in [5, 5.41) is 5.83. The van der Waals surface area contributed by atoms with Crippen LogP contribution in [0.4, 0.5) is 0 Å². The zero-order chi connectivity index (χ0) is 15.1. The minimum Gasteiger partial charge on any atom is -0.481 e. The summed E-state index contributed by atoms with van der Waals surface area (Å²) in [6.45, 7) is 5.58. The van der Waals surface area contributed by atoms with Crippen molar-refractivity contribution in [2.24, 2.45) is 0 Å². The van der Waals surface area contributed by atoms with E-state index in [2.05, 4.69) is 10.6 Å². The molecule has 110 valence electrons. The second-order valence-corrected chi connectivity index (χ2v) is 4.78. The Bertz CT molecular complexity index is 462. The molecule has 2 amide bonds. The molecule has 0 heterocycles. The van der Waals surface area contributed by atoms with Gasteiger partial charge in [0.15, 0.2) is 6.10 Å². The first kappa shape index (κ1) is 16.3.